The molecule has 0 unspecified atom stereocenters. The van der Waals surface area contributed by atoms with E-state index in [-0.39, 0.29) is 0 Å². The molecule has 104 valence electrons. The van der Waals surface area contributed by atoms with Gasteiger partial charge in [0.15, 0.2) is 0 Å². The third-order valence-electron chi connectivity index (χ3n) is 2.63. The molecule has 0 atom stereocenters. The maximum absolute atomic E-state index is 8.68. The Morgan fingerprint density at radius 2 is 2.11 bits per heavy atom. The summed E-state index contributed by atoms with van der Waals surface area (Å²) in [4.78, 5) is 6.45. The summed E-state index contributed by atoms with van der Waals surface area (Å²) in [7, 11) is 0. The lowest BCUT2D eigenvalue weighted by Crippen LogP contribution is -2.25. The van der Waals surface area contributed by atoms with E-state index in [1.54, 1.807) is 6.07 Å². The minimum Gasteiger partial charge on any atom is -0.369 e. The van der Waals surface area contributed by atoms with E-state index in [2.05, 4.69) is 23.3 Å². The van der Waals surface area contributed by atoms with Crippen molar-refractivity contribution in [3.63, 3.8) is 0 Å². The quantitative estimate of drug-likeness (QED) is 0.828. The number of pyridine rings is 1. The minimum atomic E-state index is 0.437. The van der Waals surface area contributed by atoms with E-state index in [0.717, 1.165) is 19.5 Å². The van der Waals surface area contributed by atoms with Crippen molar-refractivity contribution in [3.8, 4) is 6.07 Å². The molecular weight excluding hydrogens is 283 g/mol. The molecule has 0 amide bonds. The van der Waals surface area contributed by atoms with Gasteiger partial charge in [-0.2, -0.15) is 5.26 Å². The van der Waals surface area contributed by atoms with Gasteiger partial charge in [0.25, 0.3) is 0 Å². The second kappa shape index (κ2) is 8.08. The lowest BCUT2D eigenvalue weighted by atomic mass is 10.3. The van der Waals surface area contributed by atoms with Crippen LogP contribution in [0.5, 0.6) is 0 Å². The SMILES string of the molecule is CCCNc1nc(N(CC)CCC#N)c(Cl)cc1Cl. The Morgan fingerprint density at radius 3 is 2.68 bits per heavy atom. The number of halogens is 2. The van der Waals surface area contributed by atoms with Crippen LogP contribution in [0.25, 0.3) is 0 Å². The second-order valence-corrected chi connectivity index (χ2v) is 4.85. The molecule has 0 saturated carbocycles. The zero-order valence-electron chi connectivity index (χ0n) is 11.2. The summed E-state index contributed by atoms with van der Waals surface area (Å²) < 4.78 is 0. The van der Waals surface area contributed by atoms with Crippen molar-refractivity contribution in [2.45, 2.75) is 26.7 Å². The molecule has 4 nitrogen and oxygen atoms in total. The van der Waals surface area contributed by atoms with Crippen molar-refractivity contribution < 1.29 is 0 Å². The Kier molecular flexibility index (Phi) is 6.75. The summed E-state index contributed by atoms with van der Waals surface area (Å²) in [6.07, 6.45) is 1.42. The zero-order valence-corrected chi connectivity index (χ0v) is 12.7. The van der Waals surface area contributed by atoms with Crippen LogP contribution < -0.4 is 10.2 Å². The molecule has 0 radical (unpaired) electrons. The highest BCUT2D eigenvalue weighted by molar-refractivity contribution is 6.37. The highest BCUT2D eigenvalue weighted by atomic mass is 35.5. The summed E-state index contributed by atoms with van der Waals surface area (Å²) in [6.45, 7) is 6.22. The first-order valence-corrected chi connectivity index (χ1v) is 7.11. The third kappa shape index (κ3) is 4.45. The first kappa shape index (κ1) is 15.9. The first-order chi connectivity index (χ1) is 9.13. The normalized spacial score (nSPS) is 10.1. The lowest BCUT2D eigenvalue weighted by molar-refractivity contribution is 0.810. The van der Waals surface area contributed by atoms with Crippen molar-refractivity contribution in [1.29, 1.82) is 5.26 Å². The van der Waals surface area contributed by atoms with E-state index < -0.39 is 0 Å². The molecule has 0 saturated heterocycles. The summed E-state index contributed by atoms with van der Waals surface area (Å²) in [5.74, 6) is 1.31. The summed E-state index contributed by atoms with van der Waals surface area (Å²) in [5, 5.41) is 12.9. The number of hydrogen-bond donors (Lipinski definition) is 1. The second-order valence-electron chi connectivity index (χ2n) is 4.04. The average Bonchev–Trinajstić information content (AvgIpc) is 2.40. The van der Waals surface area contributed by atoms with Gasteiger partial charge in [-0.15, -0.1) is 0 Å². The van der Waals surface area contributed by atoms with Crippen LogP contribution in [0.2, 0.25) is 10.0 Å². The van der Waals surface area contributed by atoms with Crippen molar-refractivity contribution in [2.75, 3.05) is 29.9 Å². The molecule has 1 N–H and O–H groups in total. The number of nitrogens with zero attached hydrogens (tertiary/aromatic N) is 3. The Hall–Kier alpha value is -1.18. The van der Waals surface area contributed by atoms with E-state index in [1.165, 1.54) is 0 Å². The number of aromatic nitrogens is 1. The maximum atomic E-state index is 8.68. The van der Waals surface area contributed by atoms with Gasteiger partial charge in [-0.3, -0.25) is 0 Å². The van der Waals surface area contributed by atoms with Gasteiger partial charge in [-0.05, 0) is 19.4 Å². The van der Waals surface area contributed by atoms with Gasteiger partial charge < -0.3 is 10.2 Å². The molecule has 0 bridgehead atoms. The minimum absolute atomic E-state index is 0.437. The van der Waals surface area contributed by atoms with E-state index in [9.17, 15) is 0 Å². The third-order valence-corrected chi connectivity index (χ3v) is 3.19. The number of hydrogen-bond acceptors (Lipinski definition) is 4. The Morgan fingerprint density at radius 1 is 1.37 bits per heavy atom. The zero-order chi connectivity index (χ0) is 14.3. The molecule has 19 heavy (non-hydrogen) atoms. The average molecular weight is 301 g/mol. The van der Waals surface area contributed by atoms with Crippen LogP contribution >= 0.6 is 23.2 Å². The van der Waals surface area contributed by atoms with Gasteiger partial charge in [0.2, 0.25) is 0 Å². The van der Waals surface area contributed by atoms with Crippen molar-refractivity contribution in [3.05, 3.63) is 16.1 Å². The molecule has 0 spiro atoms. The van der Waals surface area contributed by atoms with E-state index in [0.29, 0.717) is 34.6 Å². The van der Waals surface area contributed by atoms with Crippen LogP contribution in [0, 0.1) is 11.3 Å². The van der Waals surface area contributed by atoms with Crippen LogP contribution in [0.15, 0.2) is 6.07 Å². The topological polar surface area (TPSA) is 52.0 Å². The van der Waals surface area contributed by atoms with Gasteiger partial charge in [0.1, 0.15) is 11.6 Å². The molecule has 1 aromatic heterocycles. The van der Waals surface area contributed by atoms with Crippen molar-refractivity contribution >= 4 is 34.8 Å². The molecular formula is C13H18Cl2N4. The van der Waals surface area contributed by atoms with Crippen LogP contribution in [0.4, 0.5) is 11.6 Å². The van der Waals surface area contributed by atoms with Gasteiger partial charge in [-0.1, -0.05) is 30.1 Å². The smallest absolute Gasteiger partial charge is 0.149 e. The molecule has 0 fully saturated rings. The largest absolute Gasteiger partial charge is 0.369 e. The predicted octanol–water partition coefficient (Wildman–Crippen LogP) is 3.95. The fourth-order valence-corrected chi connectivity index (χ4v) is 2.19. The van der Waals surface area contributed by atoms with Crippen molar-refractivity contribution in [1.82, 2.24) is 4.98 Å². The lowest BCUT2D eigenvalue weighted by Gasteiger charge is -2.23. The number of anilines is 2. The van der Waals surface area contributed by atoms with Gasteiger partial charge in [0.05, 0.1) is 22.5 Å². The summed E-state index contributed by atoms with van der Waals surface area (Å²) in [6, 6.07) is 3.82. The van der Waals surface area contributed by atoms with Crippen LogP contribution in [-0.4, -0.2) is 24.6 Å². The predicted molar refractivity (Wildman–Crippen MR) is 81.2 cm³/mol. The van der Waals surface area contributed by atoms with Gasteiger partial charge in [0, 0.05) is 19.6 Å². The van der Waals surface area contributed by atoms with Crippen LogP contribution in [0.3, 0.4) is 0 Å². The molecule has 0 aliphatic carbocycles. The Bertz CT molecular complexity index is 457. The number of nitrogens with one attached hydrogen (secondary N) is 1. The highest BCUT2D eigenvalue weighted by Crippen LogP contribution is 2.31. The molecule has 0 aromatic carbocycles. The van der Waals surface area contributed by atoms with E-state index in [1.807, 2.05) is 11.8 Å². The van der Waals surface area contributed by atoms with Crippen molar-refractivity contribution in [2.24, 2.45) is 0 Å². The fourth-order valence-electron chi connectivity index (χ4n) is 1.64. The molecule has 6 heteroatoms. The molecule has 1 rings (SSSR count). The molecule has 1 heterocycles. The van der Waals surface area contributed by atoms with E-state index >= 15 is 0 Å². The molecule has 0 aliphatic rings. The van der Waals surface area contributed by atoms with Gasteiger partial charge in [-0.25, -0.2) is 4.98 Å². The molecule has 0 aliphatic heterocycles. The maximum Gasteiger partial charge on any atom is 0.149 e. The van der Waals surface area contributed by atoms with Gasteiger partial charge >= 0.3 is 0 Å². The fraction of sp³-hybridized carbons (Fsp3) is 0.538. The summed E-state index contributed by atoms with van der Waals surface area (Å²) in [5.41, 5.74) is 0. The standard InChI is InChI=1S/C13H18Cl2N4/c1-3-7-17-12-10(14)9-11(15)13(18-12)19(4-2)8-5-6-16/h9H,3-5,7-8H2,1-2H3,(H,17,18). The first-order valence-electron chi connectivity index (χ1n) is 6.35. The van der Waals surface area contributed by atoms with E-state index in [4.69, 9.17) is 28.5 Å². The number of rotatable bonds is 7. The molecule has 1 aromatic rings. The number of nitriles is 1. The highest BCUT2D eigenvalue weighted by Gasteiger charge is 2.14. The monoisotopic (exact) mass is 300 g/mol. The van der Waals surface area contributed by atoms with Crippen LogP contribution in [0.1, 0.15) is 26.7 Å². The van der Waals surface area contributed by atoms with Crippen LogP contribution in [-0.2, 0) is 0 Å². The summed E-state index contributed by atoms with van der Waals surface area (Å²) >= 11 is 12.3. The Labute approximate surface area is 124 Å². The Balaban J connectivity index is 3.01.